The Hall–Kier alpha value is -1.71. The first-order valence-electron chi connectivity index (χ1n) is 3.82. The van der Waals surface area contributed by atoms with Crippen molar-refractivity contribution >= 4 is 10.8 Å². The highest BCUT2D eigenvalue weighted by atomic mass is 19.1. The standard InChI is InChI=1S/C9H7FN2O/c1-5-2-6(10)3-7-8(5)4-11-12-9(7)13/h2-4H,1H3,(H,12,13). The summed E-state index contributed by atoms with van der Waals surface area (Å²) < 4.78 is 12.9. The number of rotatable bonds is 0. The van der Waals surface area contributed by atoms with E-state index in [4.69, 9.17) is 0 Å². The largest absolute Gasteiger partial charge is 0.272 e. The molecule has 0 unspecified atom stereocenters. The van der Waals surface area contributed by atoms with E-state index in [1.54, 1.807) is 6.92 Å². The highest BCUT2D eigenvalue weighted by Crippen LogP contribution is 2.14. The number of aromatic amines is 1. The Labute approximate surface area is 73.2 Å². The molecule has 1 aromatic carbocycles. The monoisotopic (exact) mass is 178 g/mol. The third-order valence-electron chi connectivity index (χ3n) is 1.96. The summed E-state index contributed by atoms with van der Waals surface area (Å²) in [7, 11) is 0. The van der Waals surface area contributed by atoms with E-state index < -0.39 is 5.82 Å². The molecule has 1 aromatic heterocycles. The van der Waals surface area contributed by atoms with Gasteiger partial charge in [0.25, 0.3) is 5.56 Å². The van der Waals surface area contributed by atoms with Crippen molar-refractivity contribution in [2.75, 3.05) is 0 Å². The lowest BCUT2D eigenvalue weighted by atomic mass is 10.1. The molecular weight excluding hydrogens is 171 g/mol. The number of halogens is 1. The molecule has 2 aromatic rings. The van der Waals surface area contributed by atoms with Crippen LogP contribution in [0, 0.1) is 12.7 Å². The van der Waals surface area contributed by atoms with Gasteiger partial charge in [-0.25, -0.2) is 9.49 Å². The predicted molar refractivity (Wildman–Crippen MR) is 47.1 cm³/mol. The van der Waals surface area contributed by atoms with Crippen molar-refractivity contribution in [1.82, 2.24) is 10.2 Å². The van der Waals surface area contributed by atoms with E-state index >= 15 is 0 Å². The zero-order chi connectivity index (χ0) is 9.42. The number of fused-ring (bicyclic) bond motifs is 1. The Bertz CT molecular complexity index is 518. The molecular formula is C9H7FN2O. The molecule has 0 radical (unpaired) electrons. The summed E-state index contributed by atoms with van der Waals surface area (Å²) in [6.45, 7) is 1.74. The number of nitrogens with one attached hydrogen (secondary N) is 1. The van der Waals surface area contributed by atoms with Gasteiger partial charge in [0.05, 0.1) is 11.6 Å². The first kappa shape index (κ1) is 7.91. The summed E-state index contributed by atoms with van der Waals surface area (Å²) in [5.74, 6) is -0.401. The van der Waals surface area contributed by atoms with Crippen LogP contribution in [0.5, 0.6) is 0 Å². The van der Waals surface area contributed by atoms with Crippen molar-refractivity contribution in [3.63, 3.8) is 0 Å². The van der Waals surface area contributed by atoms with E-state index in [0.717, 1.165) is 0 Å². The van der Waals surface area contributed by atoms with Crippen molar-refractivity contribution in [1.29, 1.82) is 0 Å². The highest BCUT2D eigenvalue weighted by Gasteiger charge is 2.03. The van der Waals surface area contributed by atoms with Gasteiger partial charge < -0.3 is 0 Å². The van der Waals surface area contributed by atoms with Gasteiger partial charge >= 0.3 is 0 Å². The van der Waals surface area contributed by atoms with Gasteiger partial charge in [-0.2, -0.15) is 5.10 Å². The molecule has 0 fully saturated rings. The molecule has 66 valence electrons. The van der Waals surface area contributed by atoms with E-state index in [1.807, 2.05) is 0 Å². The fourth-order valence-electron chi connectivity index (χ4n) is 1.33. The molecule has 0 spiro atoms. The molecule has 0 aliphatic rings. The zero-order valence-corrected chi connectivity index (χ0v) is 6.97. The second kappa shape index (κ2) is 2.65. The fraction of sp³-hybridized carbons (Fsp3) is 0.111. The molecule has 2 rings (SSSR count). The number of aromatic nitrogens is 2. The SMILES string of the molecule is Cc1cc(F)cc2c(=O)[nH]ncc12. The minimum atomic E-state index is -0.401. The van der Waals surface area contributed by atoms with E-state index in [-0.39, 0.29) is 5.56 Å². The first-order chi connectivity index (χ1) is 6.18. The molecule has 3 nitrogen and oxygen atoms in total. The maximum Gasteiger partial charge on any atom is 0.272 e. The number of nitrogens with zero attached hydrogens (tertiary/aromatic N) is 1. The minimum Gasteiger partial charge on any atom is -0.267 e. The molecule has 0 saturated heterocycles. The molecule has 0 aliphatic carbocycles. The van der Waals surface area contributed by atoms with Crippen molar-refractivity contribution in [3.8, 4) is 0 Å². The quantitative estimate of drug-likeness (QED) is 0.662. The number of benzene rings is 1. The molecule has 1 heterocycles. The first-order valence-corrected chi connectivity index (χ1v) is 3.82. The Balaban J connectivity index is 3.03. The molecule has 0 aliphatic heterocycles. The van der Waals surface area contributed by atoms with E-state index in [0.29, 0.717) is 16.3 Å². The molecule has 1 N–H and O–H groups in total. The zero-order valence-electron chi connectivity index (χ0n) is 6.97. The maximum atomic E-state index is 12.9. The van der Waals surface area contributed by atoms with Gasteiger partial charge in [0, 0.05) is 5.39 Å². The van der Waals surface area contributed by atoms with Gasteiger partial charge in [-0.1, -0.05) is 0 Å². The van der Waals surface area contributed by atoms with Crippen LogP contribution >= 0.6 is 0 Å². The summed E-state index contributed by atoms with van der Waals surface area (Å²) in [5, 5.41) is 6.93. The number of hydrogen-bond donors (Lipinski definition) is 1. The topological polar surface area (TPSA) is 45.8 Å². The summed E-state index contributed by atoms with van der Waals surface area (Å²) in [5.41, 5.74) is 0.355. The van der Waals surface area contributed by atoms with Crippen molar-refractivity contribution < 1.29 is 4.39 Å². The Kier molecular flexibility index (Phi) is 1.62. The molecule has 0 atom stereocenters. The van der Waals surface area contributed by atoms with Crippen LogP contribution in [0.2, 0.25) is 0 Å². The van der Waals surface area contributed by atoms with Crippen LogP contribution in [0.4, 0.5) is 4.39 Å². The number of aryl methyl sites for hydroxylation is 1. The van der Waals surface area contributed by atoms with Gasteiger partial charge in [-0.05, 0) is 24.6 Å². The van der Waals surface area contributed by atoms with Crippen LogP contribution in [0.25, 0.3) is 10.8 Å². The summed E-state index contributed by atoms with van der Waals surface area (Å²) >= 11 is 0. The Morgan fingerprint density at radius 3 is 2.92 bits per heavy atom. The molecule has 0 saturated carbocycles. The van der Waals surface area contributed by atoms with E-state index in [1.165, 1.54) is 18.3 Å². The van der Waals surface area contributed by atoms with Crippen molar-refractivity contribution in [3.05, 3.63) is 40.1 Å². The lowest BCUT2D eigenvalue weighted by molar-refractivity contribution is 0.628. The normalized spacial score (nSPS) is 10.6. The van der Waals surface area contributed by atoms with Crippen LogP contribution in [-0.2, 0) is 0 Å². The minimum absolute atomic E-state index is 0.340. The van der Waals surface area contributed by atoms with Gasteiger partial charge in [0.2, 0.25) is 0 Å². The van der Waals surface area contributed by atoms with E-state index in [2.05, 4.69) is 10.2 Å². The summed E-state index contributed by atoms with van der Waals surface area (Å²) in [6, 6.07) is 2.59. The van der Waals surface area contributed by atoms with Crippen LogP contribution in [0.3, 0.4) is 0 Å². The van der Waals surface area contributed by atoms with Gasteiger partial charge in [-0.3, -0.25) is 4.79 Å². The fourth-order valence-corrected chi connectivity index (χ4v) is 1.33. The average Bonchev–Trinajstić information content (AvgIpc) is 2.07. The van der Waals surface area contributed by atoms with E-state index in [9.17, 15) is 9.18 Å². The van der Waals surface area contributed by atoms with Gasteiger partial charge in [-0.15, -0.1) is 0 Å². The molecule has 0 amide bonds. The maximum absolute atomic E-state index is 12.9. The average molecular weight is 178 g/mol. The van der Waals surface area contributed by atoms with Crippen molar-refractivity contribution in [2.45, 2.75) is 6.92 Å². The number of hydrogen-bond acceptors (Lipinski definition) is 2. The smallest absolute Gasteiger partial charge is 0.267 e. The molecule has 4 heteroatoms. The van der Waals surface area contributed by atoms with Crippen LogP contribution < -0.4 is 5.56 Å². The lowest BCUT2D eigenvalue weighted by Gasteiger charge is -1.99. The van der Waals surface area contributed by atoms with Gasteiger partial charge in [0.15, 0.2) is 0 Å². The van der Waals surface area contributed by atoms with Crippen LogP contribution in [0.1, 0.15) is 5.56 Å². The Morgan fingerprint density at radius 1 is 1.38 bits per heavy atom. The lowest BCUT2D eigenvalue weighted by Crippen LogP contribution is -2.08. The van der Waals surface area contributed by atoms with Crippen molar-refractivity contribution in [2.24, 2.45) is 0 Å². The Morgan fingerprint density at radius 2 is 2.15 bits per heavy atom. The molecule has 0 bridgehead atoms. The third-order valence-corrected chi connectivity index (χ3v) is 1.96. The van der Waals surface area contributed by atoms with Crippen LogP contribution in [0.15, 0.2) is 23.1 Å². The van der Waals surface area contributed by atoms with Crippen LogP contribution in [-0.4, -0.2) is 10.2 Å². The summed E-state index contributed by atoms with van der Waals surface area (Å²) in [4.78, 5) is 11.2. The third kappa shape index (κ3) is 1.20. The molecule has 13 heavy (non-hydrogen) atoms. The second-order valence-electron chi connectivity index (χ2n) is 2.88. The predicted octanol–water partition coefficient (Wildman–Crippen LogP) is 1.37. The second-order valence-corrected chi connectivity index (χ2v) is 2.88. The number of H-pyrrole nitrogens is 1. The highest BCUT2D eigenvalue weighted by molar-refractivity contribution is 5.83. The van der Waals surface area contributed by atoms with Gasteiger partial charge in [0.1, 0.15) is 5.82 Å². The summed E-state index contributed by atoms with van der Waals surface area (Å²) in [6.07, 6.45) is 1.52.